The number of unbranched alkanes of at least 4 members (excludes halogenated alkanes) is 4. The Morgan fingerprint density at radius 3 is 2.12 bits per heavy atom. The van der Waals surface area contributed by atoms with Gasteiger partial charge in [-0.25, -0.2) is 0 Å². The summed E-state index contributed by atoms with van der Waals surface area (Å²) in [4.78, 5) is 0. The van der Waals surface area contributed by atoms with Crippen molar-refractivity contribution in [2.75, 3.05) is 0 Å². The molecule has 1 unspecified atom stereocenters. The van der Waals surface area contributed by atoms with E-state index in [4.69, 9.17) is 0 Å². The molecule has 1 aliphatic carbocycles. The van der Waals surface area contributed by atoms with Crippen molar-refractivity contribution in [1.29, 1.82) is 0 Å². The van der Waals surface area contributed by atoms with Gasteiger partial charge in [0.2, 0.25) is 0 Å². The van der Waals surface area contributed by atoms with Gasteiger partial charge in [-0.2, -0.15) is 0 Å². The highest BCUT2D eigenvalue weighted by atomic mass is 14.4. The topological polar surface area (TPSA) is 0 Å². The Bertz CT molecular complexity index is 725. The van der Waals surface area contributed by atoms with Gasteiger partial charge in [-0.3, -0.25) is 0 Å². The van der Waals surface area contributed by atoms with E-state index in [0.717, 1.165) is 0 Å². The van der Waals surface area contributed by atoms with Crippen LogP contribution in [-0.4, -0.2) is 0 Å². The van der Waals surface area contributed by atoms with Crippen LogP contribution in [0, 0.1) is 13.8 Å². The lowest BCUT2D eigenvalue weighted by atomic mass is 9.71. The summed E-state index contributed by atoms with van der Waals surface area (Å²) in [5, 5.41) is 0. The van der Waals surface area contributed by atoms with Crippen LogP contribution in [0.1, 0.15) is 87.5 Å². The van der Waals surface area contributed by atoms with Gasteiger partial charge in [0.05, 0.1) is 0 Å². The molecule has 0 spiro atoms. The zero-order valence-electron chi connectivity index (χ0n) is 16.6. The molecule has 0 fully saturated rings. The first-order chi connectivity index (χ1) is 12.1. The normalized spacial score (nSPS) is 18.2. The predicted octanol–water partition coefficient (Wildman–Crippen LogP) is 7.73. The molecule has 0 heterocycles. The van der Waals surface area contributed by atoms with Crippen LogP contribution in [0.15, 0.2) is 36.4 Å². The van der Waals surface area contributed by atoms with Gasteiger partial charge in [-0.15, -0.1) is 0 Å². The second-order valence-corrected chi connectivity index (χ2v) is 8.09. The lowest BCUT2D eigenvalue weighted by Crippen LogP contribution is -2.25. The van der Waals surface area contributed by atoms with Crippen molar-refractivity contribution in [2.24, 2.45) is 0 Å². The predicted molar refractivity (Wildman–Crippen MR) is 110 cm³/mol. The second kappa shape index (κ2) is 7.77. The van der Waals surface area contributed by atoms with Crippen LogP contribution < -0.4 is 0 Å². The fraction of sp³-hybridized carbons (Fsp3) is 0.520. The molecule has 0 amide bonds. The number of fused-ring (bicyclic) bond motifs is 3. The Hall–Kier alpha value is -1.56. The summed E-state index contributed by atoms with van der Waals surface area (Å²) in [5.41, 5.74) is 9.20. The summed E-state index contributed by atoms with van der Waals surface area (Å²) >= 11 is 0. The summed E-state index contributed by atoms with van der Waals surface area (Å²) < 4.78 is 0. The fourth-order valence-electron chi connectivity index (χ4n) is 4.85. The molecule has 0 heteroatoms. The largest absolute Gasteiger partial charge is 0.0654 e. The number of hydrogen-bond acceptors (Lipinski definition) is 0. The van der Waals surface area contributed by atoms with Crippen molar-refractivity contribution in [2.45, 2.75) is 84.5 Å². The van der Waals surface area contributed by atoms with Crippen LogP contribution in [0.25, 0.3) is 11.1 Å². The lowest BCUT2D eigenvalue weighted by molar-refractivity contribution is 0.415. The van der Waals surface area contributed by atoms with Gasteiger partial charge in [-0.05, 0) is 48.9 Å². The third kappa shape index (κ3) is 3.41. The van der Waals surface area contributed by atoms with Crippen LogP contribution in [0.5, 0.6) is 0 Å². The maximum Gasteiger partial charge on any atom is 0.0215 e. The zero-order valence-corrected chi connectivity index (χ0v) is 16.6. The first kappa shape index (κ1) is 18.2. The van der Waals surface area contributed by atoms with E-state index in [1.807, 2.05) is 0 Å². The van der Waals surface area contributed by atoms with E-state index in [1.54, 1.807) is 11.1 Å². The monoisotopic (exact) mass is 334 g/mol. The molecule has 25 heavy (non-hydrogen) atoms. The molecule has 0 aliphatic heterocycles. The minimum absolute atomic E-state index is 0.241. The molecule has 0 bridgehead atoms. The van der Waals surface area contributed by atoms with Crippen LogP contribution >= 0.6 is 0 Å². The number of rotatable bonds is 8. The van der Waals surface area contributed by atoms with E-state index in [-0.39, 0.29) is 5.41 Å². The van der Waals surface area contributed by atoms with Crippen LogP contribution in [0.4, 0.5) is 0 Å². The molecule has 0 radical (unpaired) electrons. The average Bonchev–Trinajstić information content (AvgIpc) is 2.84. The van der Waals surface area contributed by atoms with Gasteiger partial charge >= 0.3 is 0 Å². The summed E-state index contributed by atoms with van der Waals surface area (Å²) in [6.07, 6.45) is 10.6. The molecule has 0 N–H and O–H groups in total. The third-order valence-electron chi connectivity index (χ3n) is 6.06. The van der Waals surface area contributed by atoms with Crippen molar-refractivity contribution < 1.29 is 0 Å². The van der Waals surface area contributed by atoms with Crippen LogP contribution in [0.2, 0.25) is 0 Å². The van der Waals surface area contributed by atoms with Gasteiger partial charge in [0.25, 0.3) is 0 Å². The molecule has 2 aromatic carbocycles. The molecule has 2 aromatic rings. The molecule has 0 saturated heterocycles. The van der Waals surface area contributed by atoms with Gasteiger partial charge in [0.1, 0.15) is 0 Å². The molecule has 134 valence electrons. The molecular weight excluding hydrogens is 300 g/mol. The Morgan fingerprint density at radius 2 is 1.36 bits per heavy atom. The minimum Gasteiger partial charge on any atom is -0.0654 e. The van der Waals surface area contributed by atoms with Crippen molar-refractivity contribution in [3.63, 3.8) is 0 Å². The SMILES string of the molecule is CCCCCCCC1(CCC)c2ccc(C)cc2-c2ccc(C)cc21. The number of benzene rings is 2. The van der Waals surface area contributed by atoms with Gasteiger partial charge in [0, 0.05) is 5.41 Å². The summed E-state index contributed by atoms with van der Waals surface area (Å²) in [7, 11) is 0. The molecular formula is C25H34. The maximum atomic E-state index is 2.48. The second-order valence-electron chi connectivity index (χ2n) is 8.09. The highest BCUT2D eigenvalue weighted by Crippen LogP contribution is 2.54. The standard InChI is InChI=1S/C25H34/c1-5-7-8-9-10-16-25(15-6-2)23-14-12-19(3)17-22(23)21-13-11-20(4)18-24(21)25/h11-14,17-18H,5-10,15-16H2,1-4H3. The molecule has 1 atom stereocenters. The Morgan fingerprint density at radius 1 is 0.640 bits per heavy atom. The third-order valence-corrected chi connectivity index (χ3v) is 6.06. The summed E-state index contributed by atoms with van der Waals surface area (Å²) in [6.45, 7) is 9.11. The van der Waals surface area contributed by atoms with E-state index in [1.165, 1.54) is 73.6 Å². The first-order valence-electron chi connectivity index (χ1n) is 10.3. The van der Waals surface area contributed by atoms with Crippen molar-refractivity contribution in [3.05, 3.63) is 58.7 Å². The summed E-state index contributed by atoms with van der Waals surface area (Å²) in [5.74, 6) is 0. The maximum absolute atomic E-state index is 2.48. The van der Waals surface area contributed by atoms with Gasteiger partial charge in [0.15, 0.2) is 0 Å². The minimum atomic E-state index is 0.241. The van der Waals surface area contributed by atoms with E-state index >= 15 is 0 Å². The molecule has 0 saturated carbocycles. The average molecular weight is 335 g/mol. The van der Waals surface area contributed by atoms with Crippen LogP contribution in [0.3, 0.4) is 0 Å². The quantitative estimate of drug-likeness (QED) is 0.433. The molecule has 0 nitrogen and oxygen atoms in total. The lowest BCUT2D eigenvalue weighted by Gasteiger charge is -2.32. The zero-order chi connectivity index (χ0) is 17.9. The van der Waals surface area contributed by atoms with E-state index in [0.29, 0.717) is 0 Å². The number of aryl methyl sites for hydroxylation is 2. The Labute approximate surface area is 154 Å². The van der Waals surface area contributed by atoms with Gasteiger partial charge in [-0.1, -0.05) is 99.9 Å². The molecule has 3 rings (SSSR count). The first-order valence-corrected chi connectivity index (χ1v) is 10.3. The Balaban J connectivity index is 2.02. The van der Waals surface area contributed by atoms with Gasteiger partial charge < -0.3 is 0 Å². The smallest absolute Gasteiger partial charge is 0.0215 e. The summed E-state index contributed by atoms with van der Waals surface area (Å²) in [6, 6.07) is 14.3. The fourth-order valence-corrected chi connectivity index (χ4v) is 4.85. The molecule has 0 aromatic heterocycles. The van der Waals surface area contributed by atoms with E-state index in [9.17, 15) is 0 Å². The van der Waals surface area contributed by atoms with Crippen molar-refractivity contribution in [1.82, 2.24) is 0 Å². The Kier molecular flexibility index (Phi) is 5.67. The highest BCUT2D eigenvalue weighted by molar-refractivity contribution is 5.81. The number of hydrogen-bond donors (Lipinski definition) is 0. The van der Waals surface area contributed by atoms with Crippen LogP contribution in [-0.2, 0) is 5.41 Å². The highest BCUT2D eigenvalue weighted by Gasteiger charge is 2.41. The van der Waals surface area contributed by atoms with E-state index < -0.39 is 0 Å². The molecule has 1 aliphatic rings. The van der Waals surface area contributed by atoms with E-state index in [2.05, 4.69) is 64.1 Å². The van der Waals surface area contributed by atoms with Crippen molar-refractivity contribution >= 4 is 0 Å². The van der Waals surface area contributed by atoms with Crippen molar-refractivity contribution in [3.8, 4) is 11.1 Å².